The highest BCUT2D eigenvalue weighted by Gasteiger charge is 2.27. The molecule has 0 spiro atoms. The number of methoxy groups -OCH3 is 1. The minimum atomic E-state index is -0.659. The van der Waals surface area contributed by atoms with Crippen molar-refractivity contribution < 1.29 is 19.4 Å². The lowest BCUT2D eigenvalue weighted by atomic mass is 9.88. The topological polar surface area (TPSA) is 63.6 Å². The summed E-state index contributed by atoms with van der Waals surface area (Å²) in [6.07, 6.45) is 16.6. The van der Waals surface area contributed by atoms with Gasteiger partial charge in [0, 0.05) is 18.3 Å². The standard InChI is InChI=1S/C22H36O4/c1-4-5-16-22(2,25)17-10-11-18-14-15-20(23)19(18)12-8-6-7-9-13-21(24)26-3/h10-11,14-15,18-19,25H,4-9,12-13,16-17H2,1-3H3/t18-,19+,22?/m0/s1. The molecule has 0 aromatic carbocycles. The Morgan fingerprint density at radius 3 is 2.69 bits per heavy atom. The lowest BCUT2D eigenvalue weighted by molar-refractivity contribution is -0.140. The first-order valence-corrected chi connectivity index (χ1v) is 10.1. The first kappa shape index (κ1) is 22.6. The van der Waals surface area contributed by atoms with E-state index in [-0.39, 0.29) is 23.6 Å². The number of hydrogen-bond acceptors (Lipinski definition) is 4. The van der Waals surface area contributed by atoms with Crippen LogP contribution in [0.25, 0.3) is 0 Å². The molecule has 0 saturated carbocycles. The lowest BCUT2D eigenvalue weighted by Crippen LogP contribution is -2.22. The zero-order chi connectivity index (χ0) is 19.4. The maximum Gasteiger partial charge on any atom is 0.305 e. The summed E-state index contributed by atoms with van der Waals surface area (Å²) in [4.78, 5) is 23.2. The van der Waals surface area contributed by atoms with Crippen LogP contribution in [-0.2, 0) is 14.3 Å². The third-order valence-electron chi connectivity index (χ3n) is 5.17. The molecule has 3 atom stereocenters. The number of carbonyl (C=O) groups is 2. The van der Waals surface area contributed by atoms with Crippen molar-refractivity contribution in [2.45, 2.75) is 83.7 Å². The Labute approximate surface area is 158 Å². The average molecular weight is 365 g/mol. The van der Waals surface area contributed by atoms with Crippen LogP contribution in [0.4, 0.5) is 0 Å². The number of hydrogen-bond donors (Lipinski definition) is 1. The van der Waals surface area contributed by atoms with Crippen LogP contribution in [-0.4, -0.2) is 29.6 Å². The number of ketones is 1. The third kappa shape index (κ3) is 8.79. The number of aliphatic hydroxyl groups is 1. The molecule has 0 aromatic heterocycles. The van der Waals surface area contributed by atoms with Crippen LogP contribution < -0.4 is 0 Å². The number of carbonyl (C=O) groups excluding carboxylic acids is 2. The van der Waals surface area contributed by atoms with Gasteiger partial charge in [-0.2, -0.15) is 0 Å². The highest BCUT2D eigenvalue weighted by molar-refractivity contribution is 5.94. The van der Waals surface area contributed by atoms with Crippen molar-refractivity contribution in [1.82, 2.24) is 0 Å². The summed E-state index contributed by atoms with van der Waals surface area (Å²) in [6.45, 7) is 4.01. The van der Waals surface area contributed by atoms with E-state index < -0.39 is 5.60 Å². The van der Waals surface area contributed by atoms with Gasteiger partial charge in [0.05, 0.1) is 12.7 Å². The Morgan fingerprint density at radius 1 is 1.27 bits per heavy atom. The van der Waals surface area contributed by atoms with Gasteiger partial charge in [-0.25, -0.2) is 0 Å². The summed E-state index contributed by atoms with van der Waals surface area (Å²) < 4.78 is 4.63. The summed E-state index contributed by atoms with van der Waals surface area (Å²) in [6, 6.07) is 0. The van der Waals surface area contributed by atoms with Crippen LogP contribution in [0, 0.1) is 11.8 Å². The van der Waals surface area contributed by atoms with Gasteiger partial charge in [0.1, 0.15) is 0 Å². The predicted octanol–water partition coefficient (Wildman–Crippen LogP) is 4.76. The fourth-order valence-corrected chi connectivity index (χ4v) is 3.41. The second kappa shape index (κ2) is 12.1. The Morgan fingerprint density at radius 2 is 2.00 bits per heavy atom. The van der Waals surface area contributed by atoms with E-state index in [2.05, 4.69) is 17.7 Å². The molecule has 1 rings (SSSR count). The summed E-state index contributed by atoms with van der Waals surface area (Å²) in [7, 11) is 1.41. The molecule has 4 nitrogen and oxygen atoms in total. The SMILES string of the molecule is CCCCC(C)(O)CC=C[C@H]1C=CC(=O)[C@@H]1CCCCCCC(=O)OC. The lowest BCUT2D eigenvalue weighted by Gasteiger charge is -2.21. The molecule has 4 heteroatoms. The normalized spacial score (nSPS) is 22.1. The zero-order valence-corrected chi connectivity index (χ0v) is 16.7. The van der Waals surface area contributed by atoms with Gasteiger partial charge in [0.15, 0.2) is 5.78 Å². The van der Waals surface area contributed by atoms with Crippen molar-refractivity contribution in [3.63, 3.8) is 0 Å². The maximum absolute atomic E-state index is 12.1. The molecule has 148 valence electrons. The minimum absolute atomic E-state index is 0.0347. The summed E-state index contributed by atoms with van der Waals surface area (Å²) in [5.41, 5.74) is -0.659. The van der Waals surface area contributed by atoms with Gasteiger partial charge in [0.25, 0.3) is 0 Å². The predicted molar refractivity (Wildman–Crippen MR) is 105 cm³/mol. The van der Waals surface area contributed by atoms with Gasteiger partial charge in [-0.1, -0.05) is 57.3 Å². The highest BCUT2D eigenvalue weighted by atomic mass is 16.5. The van der Waals surface area contributed by atoms with Crippen LogP contribution >= 0.6 is 0 Å². The number of rotatable bonds is 13. The van der Waals surface area contributed by atoms with Gasteiger partial charge in [-0.3, -0.25) is 9.59 Å². The van der Waals surface area contributed by atoms with E-state index in [9.17, 15) is 14.7 Å². The van der Waals surface area contributed by atoms with E-state index in [0.717, 1.165) is 51.4 Å². The molecule has 0 heterocycles. The Balaban J connectivity index is 2.32. The second-order valence-corrected chi connectivity index (χ2v) is 7.71. The first-order chi connectivity index (χ1) is 12.4. The van der Waals surface area contributed by atoms with E-state index in [1.807, 2.05) is 19.1 Å². The van der Waals surface area contributed by atoms with E-state index in [1.165, 1.54) is 7.11 Å². The molecule has 1 aliphatic carbocycles. The molecule has 0 amide bonds. The van der Waals surface area contributed by atoms with E-state index in [0.29, 0.717) is 12.8 Å². The van der Waals surface area contributed by atoms with Gasteiger partial charge >= 0.3 is 5.97 Å². The van der Waals surface area contributed by atoms with Crippen molar-refractivity contribution in [3.8, 4) is 0 Å². The minimum Gasteiger partial charge on any atom is -0.469 e. The van der Waals surface area contributed by atoms with Gasteiger partial charge < -0.3 is 9.84 Å². The number of esters is 1. The van der Waals surface area contributed by atoms with Gasteiger partial charge in [0.2, 0.25) is 0 Å². The average Bonchev–Trinajstić information content (AvgIpc) is 2.96. The second-order valence-electron chi connectivity index (χ2n) is 7.71. The van der Waals surface area contributed by atoms with E-state index >= 15 is 0 Å². The molecular weight excluding hydrogens is 328 g/mol. The largest absolute Gasteiger partial charge is 0.469 e. The third-order valence-corrected chi connectivity index (χ3v) is 5.17. The maximum atomic E-state index is 12.1. The molecule has 0 fully saturated rings. The summed E-state index contributed by atoms with van der Waals surface area (Å²) >= 11 is 0. The number of ether oxygens (including phenoxy) is 1. The number of unbranched alkanes of at least 4 members (excludes halogenated alkanes) is 4. The van der Waals surface area contributed by atoms with E-state index in [1.54, 1.807) is 6.08 Å². The number of allylic oxidation sites excluding steroid dienone is 3. The van der Waals surface area contributed by atoms with Crippen LogP contribution in [0.2, 0.25) is 0 Å². The molecule has 1 aliphatic rings. The molecule has 0 aliphatic heterocycles. The van der Waals surface area contributed by atoms with Crippen LogP contribution in [0.5, 0.6) is 0 Å². The van der Waals surface area contributed by atoms with Crippen molar-refractivity contribution in [3.05, 3.63) is 24.3 Å². The Bertz CT molecular complexity index is 490. The van der Waals surface area contributed by atoms with Crippen molar-refractivity contribution in [2.75, 3.05) is 7.11 Å². The molecule has 0 radical (unpaired) electrons. The van der Waals surface area contributed by atoms with Crippen LogP contribution in [0.1, 0.15) is 78.1 Å². The van der Waals surface area contributed by atoms with Gasteiger partial charge in [-0.15, -0.1) is 0 Å². The Hall–Kier alpha value is -1.42. The summed E-state index contributed by atoms with van der Waals surface area (Å²) in [5, 5.41) is 10.3. The first-order valence-electron chi connectivity index (χ1n) is 10.1. The van der Waals surface area contributed by atoms with E-state index in [4.69, 9.17) is 0 Å². The van der Waals surface area contributed by atoms with Crippen molar-refractivity contribution in [2.24, 2.45) is 11.8 Å². The van der Waals surface area contributed by atoms with Crippen molar-refractivity contribution >= 4 is 11.8 Å². The molecule has 1 unspecified atom stereocenters. The Kier molecular flexibility index (Phi) is 10.5. The van der Waals surface area contributed by atoms with Crippen LogP contribution in [0.3, 0.4) is 0 Å². The quantitative estimate of drug-likeness (QED) is 0.291. The fourth-order valence-electron chi connectivity index (χ4n) is 3.41. The zero-order valence-electron chi connectivity index (χ0n) is 16.7. The molecule has 1 N–H and O–H groups in total. The van der Waals surface area contributed by atoms with Crippen molar-refractivity contribution in [1.29, 1.82) is 0 Å². The summed E-state index contributed by atoms with van der Waals surface area (Å²) in [5.74, 6) is 0.249. The van der Waals surface area contributed by atoms with Gasteiger partial charge in [-0.05, 0) is 38.7 Å². The monoisotopic (exact) mass is 364 g/mol. The molecule has 0 aromatic rings. The molecule has 0 bridgehead atoms. The smallest absolute Gasteiger partial charge is 0.305 e. The molecular formula is C22H36O4. The molecule has 26 heavy (non-hydrogen) atoms. The molecule has 0 saturated heterocycles. The fraction of sp³-hybridized carbons (Fsp3) is 0.727. The highest BCUT2D eigenvalue weighted by Crippen LogP contribution is 2.29. The van der Waals surface area contributed by atoms with Crippen LogP contribution in [0.15, 0.2) is 24.3 Å².